The fraction of sp³-hybridized carbons (Fsp3) is 0.350. The highest BCUT2D eigenvalue weighted by Gasteiger charge is 2.31. The van der Waals surface area contributed by atoms with E-state index in [2.05, 4.69) is 24.3 Å². The molecule has 0 aliphatic carbocycles. The van der Waals surface area contributed by atoms with Crippen LogP contribution < -0.4 is 4.74 Å². The van der Waals surface area contributed by atoms with Gasteiger partial charge in [-0.25, -0.2) is 0 Å². The van der Waals surface area contributed by atoms with Crippen LogP contribution in [0.3, 0.4) is 0 Å². The molecule has 0 unspecified atom stereocenters. The number of carbonyl (C=O) groups excluding carboxylic acids is 1. The van der Waals surface area contributed by atoms with Gasteiger partial charge in [0.05, 0.1) is 0 Å². The number of nitrogens with zero attached hydrogens (tertiary/aromatic N) is 1. The molecule has 1 fully saturated rings. The van der Waals surface area contributed by atoms with E-state index in [1.165, 1.54) is 0 Å². The lowest BCUT2D eigenvalue weighted by Gasteiger charge is -2.26. The fourth-order valence-electron chi connectivity index (χ4n) is 2.80. The third kappa shape index (κ3) is 3.93. The molecule has 0 bridgehead atoms. The van der Waals surface area contributed by atoms with Gasteiger partial charge in [-0.15, -0.1) is 11.8 Å². The quantitative estimate of drug-likeness (QED) is 0.802. The first-order valence-corrected chi connectivity index (χ1v) is 9.39. The van der Waals surface area contributed by atoms with E-state index in [4.69, 9.17) is 4.74 Å². The Bertz CT molecular complexity index is 687. The number of thioether (sulfide) groups is 1. The lowest BCUT2D eigenvalue weighted by atomic mass is 10.1. The Morgan fingerprint density at radius 3 is 2.75 bits per heavy atom. The molecule has 24 heavy (non-hydrogen) atoms. The minimum absolute atomic E-state index is 0.0312. The highest BCUT2D eigenvalue weighted by molar-refractivity contribution is 7.99. The average Bonchev–Trinajstić information content (AvgIpc) is 3.10. The van der Waals surface area contributed by atoms with Gasteiger partial charge in [0, 0.05) is 18.2 Å². The summed E-state index contributed by atoms with van der Waals surface area (Å²) in [7, 11) is 0. The lowest BCUT2D eigenvalue weighted by molar-refractivity contribution is -0.134. The molecule has 0 aromatic heterocycles. The van der Waals surface area contributed by atoms with Gasteiger partial charge in [0.1, 0.15) is 17.7 Å². The topological polar surface area (TPSA) is 29.5 Å². The molecule has 1 aliphatic rings. The molecule has 0 radical (unpaired) electrons. The molecule has 3 nitrogen and oxygen atoms in total. The van der Waals surface area contributed by atoms with Crippen LogP contribution in [0.15, 0.2) is 54.6 Å². The molecule has 4 heteroatoms. The van der Waals surface area contributed by atoms with Gasteiger partial charge in [-0.2, -0.15) is 0 Å². The number of amides is 1. The molecular weight excluding hydrogens is 318 g/mol. The Morgan fingerprint density at radius 1 is 1.21 bits per heavy atom. The number of rotatable bonds is 5. The molecule has 2 aromatic rings. The van der Waals surface area contributed by atoms with Crippen LogP contribution in [-0.4, -0.2) is 23.1 Å². The van der Waals surface area contributed by atoms with Gasteiger partial charge in [-0.1, -0.05) is 56.3 Å². The summed E-state index contributed by atoms with van der Waals surface area (Å²) in [6.07, 6.45) is 0. The predicted molar refractivity (Wildman–Crippen MR) is 99.0 cm³/mol. The van der Waals surface area contributed by atoms with E-state index in [1.54, 1.807) is 0 Å². The van der Waals surface area contributed by atoms with Crippen LogP contribution in [0.25, 0.3) is 0 Å². The largest absolute Gasteiger partial charge is 0.489 e. The van der Waals surface area contributed by atoms with E-state index in [0.29, 0.717) is 6.61 Å². The number of hydrogen-bond acceptors (Lipinski definition) is 3. The summed E-state index contributed by atoms with van der Waals surface area (Å²) in [5.74, 6) is 2.09. The second-order valence-electron chi connectivity index (χ2n) is 6.26. The minimum atomic E-state index is 0.0312. The van der Waals surface area contributed by atoms with Crippen molar-refractivity contribution in [1.82, 2.24) is 4.90 Å². The van der Waals surface area contributed by atoms with E-state index in [1.807, 2.05) is 60.8 Å². The normalized spacial score (nSPS) is 17.3. The van der Waals surface area contributed by atoms with E-state index in [9.17, 15) is 4.79 Å². The summed E-state index contributed by atoms with van der Waals surface area (Å²) >= 11 is 1.82. The van der Waals surface area contributed by atoms with Crippen LogP contribution in [0.2, 0.25) is 0 Å². The zero-order valence-electron chi connectivity index (χ0n) is 14.1. The summed E-state index contributed by atoms with van der Waals surface area (Å²) in [6, 6.07) is 18.3. The molecule has 1 amide bonds. The summed E-state index contributed by atoms with van der Waals surface area (Å²) in [4.78, 5) is 14.4. The molecule has 2 aromatic carbocycles. The maximum Gasteiger partial charge on any atom is 0.226 e. The average molecular weight is 341 g/mol. The van der Waals surface area contributed by atoms with Crippen LogP contribution in [0, 0.1) is 5.92 Å². The molecule has 1 atom stereocenters. The van der Waals surface area contributed by atoms with Gasteiger partial charge < -0.3 is 9.64 Å². The highest BCUT2D eigenvalue weighted by Crippen LogP contribution is 2.39. The molecule has 3 rings (SSSR count). The van der Waals surface area contributed by atoms with Crippen LogP contribution in [0.5, 0.6) is 5.75 Å². The fourth-order valence-corrected chi connectivity index (χ4v) is 4.06. The number of benzene rings is 2. The van der Waals surface area contributed by atoms with E-state index in [-0.39, 0.29) is 17.2 Å². The van der Waals surface area contributed by atoms with Crippen molar-refractivity contribution in [2.45, 2.75) is 25.8 Å². The van der Waals surface area contributed by atoms with Gasteiger partial charge in [-0.05, 0) is 23.3 Å². The zero-order valence-corrected chi connectivity index (χ0v) is 15.0. The molecule has 1 saturated heterocycles. The summed E-state index contributed by atoms with van der Waals surface area (Å²) in [5, 5.41) is 0.0974. The van der Waals surface area contributed by atoms with E-state index >= 15 is 0 Å². The third-order valence-electron chi connectivity index (χ3n) is 4.06. The van der Waals surface area contributed by atoms with Crippen molar-refractivity contribution < 1.29 is 9.53 Å². The van der Waals surface area contributed by atoms with Crippen molar-refractivity contribution in [3.8, 4) is 5.75 Å². The Hall–Kier alpha value is -1.94. The zero-order chi connectivity index (χ0) is 16.9. The first kappa shape index (κ1) is 16.9. The van der Waals surface area contributed by atoms with Crippen molar-refractivity contribution in [2.24, 2.45) is 5.92 Å². The summed E-state index contributed by atoms with van der Waals surface area (Å²) < 4.78 is 5.92. The molecule has 1 aliphatic heterocycles. The standard InChI is InChI=1S/C20H23NO2S/c1-15(2)19(22)21-11-12-24-20(21)17-9-6-10-18(13-17)23-14-16-7-4-3-5-8-16/h3-10,13,15,20H,11-12,14H2,1-2H3/t20-/m0/s1. The SMILES string of the molecule is CC(C)C(=O)N1CCS[C@H]1c1cccc(OCc2ccccc2)c1. The second kappa shape index (κ2) is 7.75. The Labute approximate surface area is 148 Å². The molecule has 0 spiro atoms. The van der Waals surface area contributed by atoms with Crippen molar-refractivity contribution >= 4 is 17.7 Å². The second-order valence-corrected chi connectivity index (χ2v) is 7.44. The van der Waals surface area contributed by atoms with Crippen molar-refractivity contribution in [1.29, 1.82) is 0 Å². The molecule has 0 N–H and O–H groups in total. The maximum atomic E-state index is 12.4. The molecular formula is C20H23NO2S. The van der Waals surface area contributed by atoms with E-state index in [0.717, 1.165) is 29.2 Å². The minimum Gasteiger partial charge on any atom is -0.489 e. The number of carbonyl (C=O) groups is 1. The van der Waals surface area contributed by atoms with Gasteiger partial charge in [0.15, 0.2) is 0 Å². The smallest absolute Gasteiger partial charge is 0.226 e. The molecule has 126 valence electrons. The van der Waals surface area contributed by atoms with Gasteiger partial charge in [0.2, 0.25) is 5.91 Å². The van der Waals surface area contributed by atoms with Gasteiger partial charge in [-0.3, -0.25) is 4.79 Å². The molecule has 0 saturated carbocycles. The number of hydrogen-bond donors (Lipinski definition) is 0. The first-order chi connectivity index (χ1) is 11.6. The number of ether oxygens (including phenoxy) is 1. The van der Waals surface area contributed by atoms with Gasteiger partial charge in [0.25, 0.3) is 0 Å². The van der Waals surface area contributed by atoms with Crippen molar-refractivity contribution in [3.63, 3.8) is 0 Å². The summed E-state index contributed by atoms with van der Waals surface area (Å²) in [5.41, 5.74) is 2.28. The van der Waals surface area contributed by atoms with E-state index < -0.39 is 0 Å². The maximum absolute atomic E-state index is 12.4. The Balaban J connectivity index is 1.71. The van der Waals surface area contributed by atoms with Gasteiger partial charge >= 0.3 is 0 Å². The van der Waals surface area contributed by atoms with Crippen LogP contribution in [0.4, 0.5) is 0 Å². The van der Waals surface area contributed by atoms with Crippen molar-refractivity contribution in [3.05, 3.63) is 65.7 Å². The summed E-state index contributed by atoms with van der Waals surface area (Å²) in [6.45, 7) is 5.29. The highest BCUT2D eigenvalue weighted by atomic mass is 32.2. The Morgan fingerprint density at radius 2 is 2.00 bits per heavy atom. The lowest BCUT2D eigenvalue weighted by Crippen LogP contribution is -2.33. The van der Waals surface area contributed by atoms with Crippen molar-refractivity contribution in [2.75, 3.05) is 12.3 Å². The predicted octanol–water partition coefficient (Wildman–Crippen LogP) is 4.50. The third-order valence-corrected chi connectivity index (χ3v) is 5.32. The van der Waals surface area contributed by atoms with Crippen LogP contribution in [-0.2, 0) is 11.4 Å². The van der Waals surface area contributed by atoms with Crippen LogP contribution >= 0.6 is 11.8 Å². The molecule has 1 heterocycles. The monoisotopic (exact) mass is 341 g/mol. The first-order valence-electron chi connectivity index (χ1n) is 8.34. The van der Waals surface area contributed by atoms with Crippen LogP contribution in [0.1, 0.15) is 30.3 Å². The Kier molecular flexibility index (Phi) is 5.46.